The Morgan fingerprint density at radius 3 is 1.76 bits per heavy atom. The fourth-order valence-electron chi connectivity index (χ4n) is 9.19. The van der Waals surface area contributed by atoms with Crippen LogP contribution in [-0.4, -0.2) is 110 Å². The van der Waals surface area contributed by atoms with E-state index in [0.29, 0.717) is 54.7 Å². The summed E-state index contributed by atoms with van der Waals surface area (Å²) in [5, 5.41) is 6.44. The van der Waals surface area contributed by atoms with Crippen LogP contribution in [0.15, 0.2) is 127 Å². The van der Waals surface area contributed by atoms with E-state index < -0.39 is 11.9 Å². The van der Waals surface area contributed by atoms with Gasteiger partial charge in [-0.1, -0.05) is 54.6 Å². The zero-order valence-corrected chi connectivity index (χ0v) is 39.2. The Hall–Kier alpha value is -5.99. The molecule has 0 saturated carbocycles. The van der Waals surface area contributed by atoms with E-state index in [1.807, 2.05) is 12.4 Å². The third-order valence-electron chi connectivity index (χ3n) is 13.4. The molecule has 0 spiro atoms. The lowest BCUT2D eigenvalue weighted by molar-refractivity contribution is -0.140. The van der Waals surface area contributed by atoms with Crippen molar-refractivity contribution >= 4 is 65.4 Å². The van der Waals surface area contributed by atoms with E-state index in [1.54, 1.807) is 16.7 Å². The molecule has 0 radical (unpaired) electrons. The molecule has 66 heavy (non-hydrogen) atoms. The predicted molar refractivity (Wildman–Crippen MR) is 265 cm³/mol. The van der Waals surface area contributed by atoms with E-state index in [1.165, 1.54) is 61.9 Å². The molecule has 1 aliphatic rings. The number of aromatic nitrogens is 5. The molecule has 1 N–H and O–H groups in total. The van der Waals surface area contributed by atoms with Crippen molar-refractivity contribution in [3.05, 3.63) is 138 Å². The average molecular weight is 899 g/mol. The lowest BCUT2D eigenvalue weighted by atomic mass is 10.0. The van der Waals surface area contributed by atoms with Crippen molar-refractivity contribution in [3.8, 4) is 0 Å². The van der Waals surface area contributed by atoms with E-state index in [2.05, 4.69) is 169 Å². The number of nitrogens with zero attached hydrogens (tertiary/aromatic N) is 7. The van der Waals surface area contributed by atoms with Crippen LogP contribution in [0, 0.1) is 0 Å². The van der Waals surface area contributed by atoms with E-state index in [0.717, 1.165) is 19.6 Å². The number of hydrogen-bond donors (Lipinski definition) is 1. The highest BCUT2D eigenvalue weighted by atomic mass is 19.4. The standard InChI is InChI=1S/C20H22F3N3O2.C17H20N2.C16H19N3/c1-19(2)12-28-10-9-25(19)7-8-26-16-11-13(27)3-4-14(16)15-5-6-24-18(17(15)26)20(21,22)23;1-13(18(2)3)12-19-16-10-6-4-8-14(16)15-9-5-7-11-17(15)19;1-12(18(2)3)11-19-15-7-5-4-6-13(15)14-8-9-17-10-16(14)19/h3-6,11,24H,7-10,12H2,1-2H3;4-11,13H,12H2,1-3H3;4-10,12H,11H2,1-3H3. The highest BCUT2D eigenvalue weighted by Gasteiger charge is 2.36. The van der Waals surface area contributed by atoms with Gasteiger partial charge in [-0.3, -0.25) is 14.7 Å². The maximum Gasteiger partial charge on any atom is 0.433 e. The Kier molecular flexibility index (Phi) is 13.5. The molecule has 1 fully saturated rings. The summed E-state index contributed by atoms with van der Waals surface area (Å²) < 4.78 is 53.0. The van der Waals surface area contributed by atoms with Crippen molar-refractivity contribution in [1.82, 2.24) is 38.4 Å². The van der Waals surface area contributed by atoms with Crippen LogP contribution in [0.25, 0.3) is 65.4 Å². The number of ether oxygens (including phenoxy) is 1. The van der Waals surface area contributed by atoms with Crippen molar-refractivity contribution in [2.45, 2.75) is 71.1 Å². The summed E-state index contributed by atoms with van der Waals surface area (Å²) in [6, 6.07) is 35.1. The van der Waals surface area contributed by atoms with E-state index in [4.69, 9.17) is 4.74 Å². The van der Waals surface area contributed by atoms with Crippen LogP contribution in [0.4, 0.5) is 13.2 Å². The summed E-state index contributed by atoms with van der Waals surface area (Å²) in [6.07, 6.45) is 0.613. The molecule has 0 bridgehead atoms. The summed E-state index contributed by atoms with van der Waals surface area (Å²) in [5.74, 6) is 0. The Bertz CT molecular complexity index is 2940. The molecule has 1 aliphatic heterocycles. The van der Waals surface area contributed by atoms with Gasteiger partial charge < -0.3 is 33.2 Å². The average Bonchev–Trinajstić information content (AvgIpc) is 3.91. The van der Waals surface area contributed by atoms with Crippen LogP contribution in [0.3, 0.4) is 0 Å². The monoisotopic (exact) mass is 898 g/mol. The van der Waals surface area contributed by atoms with E-state index in [9.17, 15) is 18.0 Å². The Balaban J connectivity index is 0.000000139. The van der Waals surface area contributed by atoms with Crippen molar-refractivity contribution in [2.75, 3.05) is 54.5 Å². The number of aromatic amines is 1. The molecule has 346 valence electrons. The molecular weight excluding hydrogens is 838 g/mol. The summed E-state index contributed by atoms with van der Waals surface area (Å²) in [4.78, 5) is 25.3. The van der Waals surface area contributed by atoms with Crippen molar-refractivity contribution in [3.63, 3.8) is 0 Å². The molecule has 4 aromatic carbocycles. The van der Waals surface area contributed by atoms with Crippen LogP contribution in [0.2, 0.25) is 0 Å². The molecule has 1 saturated heterocycles. The van der Waals surface area contributed by atoms with Gasteiger partial charge in [0, 0.05) is 118 Å². The molecule has 6 heterocycles. The van der Waals surface area contributed by atoms with Gasteiger partial charge in [0.05, 0.1) is 36.0 Å². The van der Waals surface area contributed by atoms with Crippen molar-refractivity contribution < 1.29 is 17.9 Å². The second-order valence-electron chi connectivity index (χ2n) is 18.6. The van der Waals surface area contributed by atoms with Gasteiger partial charge in [0.25, 0.3) is 0 Å². The number of halogens is 3. The molecule has 5 aromatic heterocycles. The maximum absolute atomic E-state index is 13.7. The normalized spacial score (nSPS) is 15.5. The van der Waals surface area contributed by atoms with Crippen LogP contribution in [0.1, 0.15) is 33.4 Å². The van der Waals surface area contributed by atoms with Gasteiger partial charge in [0.1, 0.15) is 5.69 Å². The molecule has 0 amide bonds. The largest absolute Gasteiger partial charge is 0.433 e. The minimum atomic E-state index is -4.52. The molecule has 13 heteroatoms. The first-order valence-electron chi connectivity index (χ1n) is 22.7. The number of morpholine rings is 1. The third kappa shape index (κ3) is 9.35. The fourth-order valence-corrected chi connectivity index (χ4v) is 9.19. The number of para-hydroxylation sites is 3. The molecule has 0 aliphatic carbocycles. The van der Waals surface area contributed by atoms with Crippen LogP contribution in [0.5, 0.6) is 0 Å². The van der Waals surface area contributed by atoms with Gasteiger partial charge in [-0.05, 0) is 98.4 Å². The first-order chi connectivity index (χ1) is 31.5. The van der Waals surface area contributed by atoms with Crippen molar-refractivity contribution in [1.29, 1.82) is 0 Å². The van der Waals surface area contributed by atoms with Crippen molar-refractivity contribution in [2.24, 2.45) is 0 Å². The number of pyridine rings is 2. The first kappa shape index (κ1) is 46.5. The van der Waals surface area contributed by atoms with Gasteiger partial charge in [0.2, 0.25) is 0 Å². The second kappa shape index (κ2) is 19.1. The SMILES string of the molecule is CC(Cn1c2ccccc2c2ccccc21)N(C)C.CC(Cn1c2ccccc2c2ccncc21)N(C)C.CC1(C)COCCN1CCn1c2cc(=O)ccc2c2cc[nH]c(C(F)(F)F)c21. The number of nitrogens with one attached hydrogen (secondary N) is 1. The predicted octanol–water partition coefficient (Wildman–Crippen LogP) is 10.5. The fraction of sp³-hybridized carbons (Fsp3) is 0.358. The summed E-state index contributed by atoms with van der Waals surface area (Å²) in [5.41, 5.74) is 4.57. The number of rotatable bonds is 9. The highest BCUT2D eigenvalue weighted by molar-refractivity contribution is 6.10. The Morgan fingerprint density at radius 2 is 1.21 bits per heavy atom. The van der Waals surface area contributed by atoms with Crippen LogP contribution in [-0.2, 0) is 30.5 Å². The number of H-pyrrole nitrogens is 1. The molecule has 2 atom stereocenters. The first-order valence-corrected chi connectivity index (χ1v) is 22.7. The van der Waals surface area contributed by atoms with Gasteiger partial charge in [-0.2, -0.15) is 13.2 Å². The van der Waals surface area contributed by atoms with Gasteiger partial charge >= 0.3 is 6.18 Å². The molecule has 10 rings (SSSR count). The number of benzene rings is 4. The minimum absolute atomic E-state index is 0.0849. The number of likely N-dealkylation sites (N-methyl/N-ethyl adjacent to an activating group) is 2. The van der Waals surface area contributed by atoms with Crippen LogP contribution >= 0.6 is 0 Å². The van der Waals surface area contributed by atoms with Gasteiger partial charge in [-0.15, -0.1) is 0 Å². The lowest BCUT2D eigenvalue weighted by Crippen LogP contribution is -2.53. The Morgan fingerprint density at radius 1 is 0.682 bits per heavy atom. The second-order valence-corrected chi connectivity index (χ2v) is 18.6. The quantitative estimate of drug-likeness (QED) is 0.155. The topological polar surface area (TPSA) is 79.5 Å². The van der Waals surface area contributed by atoms with Gasteiger partial charge in [0.15, 0.2) is 5.43 Å². The highest BCUT2D eigenvalue weighted by Crippen LogP contribution is 2.38. The molecular formula is C53H61F3N8O2. The zero-order chi connectivity index (χ0) is 46.9. The number of alkyl halides is 3. The molecule has 10 nitrogen and oxygen atoms in total. The number of hydrogen-bond acceptors (Lipinski definition) is 6. The van der Waals surface area contributed by atoms with Gasteiger partial charge in [-0.25, -0.2) is 0 Å². The zero-order valence-electron chi connectivity index (χ0n) is 39.2. The van der Waals surface area contributed by atoms with E-state index in [-0.39, 0.29) is 16.5 Å². The smallest absolute Gasteiger partial charge is 0.378 e. The molecule has 9 aromatic rings. The maximum atomic E-state index is 13.7. The minimum Gasteiger partial charge on any atom is -0.378 e. The van der Waals surface area contributed by atoms with Crippen LogP contribution < -0.4 is 5.43 Å². The summed E-state index contributed by atoms with van der Waals surface area (Å²) in [6.45, 7) is 13.4. The van der Waals surface area contributed by atoms with E-state index >= 15 is 0 Å². The summed E-state index contributed by atoms with van der Waals surface area (Å²) in [7, 11) is 8.52. The molecule has 2 unspecified atom stereocenters. The Labute approximate surface area is 383 Å². The third-order valence-corrected chi connectivity index (χ3v) is 13.4. The summed E-state index contributed by atoms with van der Waals surface area (Å²) >= 11 is 0. The lowest BCUT2D eigenvalue weighted by Gasteiger charge is -2.42. The number of fused-ring (bicyclic) bond motifs is 9.